The van der Waals surface area contributed by atoms with Crippen LogP contribution in [0.2, 0.25) is 5.02 Å². The highest BCUT2D eigenvalue weighted by atomic mass is 35.5. The number of halogens is 1. The van der Waals surface area contributed by atoms with E-state index < -0.39 is 0 Å². The third-order valence-corrected chi connectivity index (χ3v) is 3.59. The van der Waals surface area contributed by atoms with E-state index in [0.717, 1.165) is 25.1 Å². The number of nitrogens with zero attached hydrogens (tertiary/aromatic N) is 1. The van der Waals surface area contributed by atoms with Crippen molar-refractivity contribution in [2.75, 3.05) is 11.4 Å². The third-order valence-electron chi connectivity index (χ3n) is 3.29. The molecule has 2 aromatic carbocycles. The average Bonchev–Trinajstić information content (AvgIpc) is 2.48. The first-order valence-electron chi connectivity index (χ1n) is 6.98. The molecule has 0 fully saturated rings. The Morgan fingerprint density at radius 3 is 2.50 bits per heavy atom. The van der Waals surface area contributed by atoms with Gasteiger partial charge in [-0.2, -0.15) is 0 Å². The molecule has 1 N–H and O–H groups in total. The van der Waals surface area contributed by atoms with Crippen molar-refractivity contribution in [2.45, 2.75) is 26.3 Å². The van der Waals surface area contributed by atoms with Crippen LogP contribution in [-0.4, -0.2) is 11.7 Å². The highest BCUT2D eigenvalue weighted by Crippen LogP contribution is 2.25. The van der Waals surface area contributed by atoms with Gasteiger partial charge in [0.2, 0.25) is 0 Å². The first-order valence-corrected chi connectivity index (χ1v) is 7.36. The molecule has 2 nitrogen and oxygen atoms in total. The van der Waals surface area contributed by atoms with Crippen LogP contribution in [-0.2, 0) is 6.54 Å². The van der Waals surface area contributed by atoms with Crippen LogP contribution in [0.15, 0.2) is 48.5 Å². The van der Waals surface area contributed by atoms with Gasteiger partial charge in [-0.15, -0.1) is 0 Å². The van der Waals surface area contributed by atoms with Crippen LogP contribution in [0.25, 0.3) is 0 Å². The summed E-state index contributed by atoms with van der Waals surface area (Å²) in [5.74, 6) is 0.134. The molecule has 0 spiro atoms. The molecule has 3 heteroatoms. The number of para-hydroxylation sites is 1. The first-order chi connectivity index (χ1) is 9.70. The van der Waals surface area contributed by atoms with Crippen molar-refractivity contribution in [1.82, 2.24) is 0 Å². The van der Waals surface area contributed by atoms with Crippen LogP contribution < -0.4 is 4.90 Å². The molecule has 0 heterocycles. The molecule has 106 valence electrons. The fourth-order valence-corrected chi connectivity index (χ4v) is 2.36. The summed E-state index contributed by atoms with van der Waals surface area (Å²) >= 11 is 5.98. The van der Waals surface area contributed by atoms with Gasteiger partial charge in [-0.25, -0.2) is 0 Å². The van der Waals surface area contributed by atoms with E-state index in [1.54, 1.807) is 6.07 Å². The van der Waals surface area contributed by atoms with E-state index in [4.69, 9.17) is 11.6 Å². The van der Waals surface area contributed by atoms with Gasteiger partial charge in [0, 0.05) is 18.8 Å². The van der Waals surface area contributed by atoms with E-state index in [2.05, 4.69) is 36.1 Å². The number of anilines is 1. The molecule has 0 saturated heterocycles. The lowest BCUT2D eigenvalue weighted by molar-refractivity contribution is 0.475. The maximum absolute atomic E-state index is 9.49. The Labute approximate surface area is 125 Å². The Kier molecular flexibility index (Phi) is 5.31. The summed E-state index contributed by atoms with van der Waals surface area (Å²) < 4.78 is 0. The minimum atomic E-state index is 0.134. The number of rotatable bonds is 6. The number of hydrogen-bond acceptors (Lipinski definition) is 2. The molecule has 0 bridgehead atoms. The van der Waals surface area contributed by atoms with Crippen molar-refractivity contribution in [2.24, 2.45) is 0 Å². The standard InChI is InChI=1S/C17H20ClNO/c1-2-3-11-19(15-7-5-4-6-8-15)13-14-9-10-17(20)16(18)12-14/h4-10,12,20H,2-3,11,13H2,1H3. The normalized spacial score (nSPS) is 10.5. The van der Waals surface area contributed by atoms with Gasteiger partial charge in [0.1, 0.15) is 5.75 Å². The van der Waals surface area contributed by atoms with Gasteiger partial charge >= 0.3 is 0 Å². The number of aromatic hydroxyl groups is 1. The lowest BCUT2D eigenvalue weighted by Gasteiger charge is -2.25. The van der Waals surface area contributed by atoms with E-state index in [1.165, 1.54) is 12.1 Å². The Bertz CT molecular complexity index is 542. The zero-order chi connectivity index (χ0) is 14.4. The minimum absolute atomic E-state index is 0.134. The summed E-state index contributed by atoms with van der Waals surface area (Å²) in [5, 5.41) is 9.90. The smallest absolute Gasteiger partial charge is 0.134 e. The van der Waals surface area contributed by atoms with Gasteiger partial charge in [0.05, 0.1) is 5.02 Å². The van der Waals surface area contributed by atoms with Crippen LogP contribution in [0.5, 0.6) is 5.75 Å². The van der Waals surface area contributed by atoms with E-state index in [9.17, 15) is 5.11 Å². The number of unbranched alkanes of at least 4 members (excludes halogenated alkanes) is 1. The lowest BCUT2D eigenvalue weighted by atomic mass is 10.1. The van der Waals surface area contributed by atoms with Gasteiger partial charge in [-0.3, -0.25) is 0 Å². The zero-order valence-electron chi connectivity index (χ0n) is 11.7. The van der Waals surface area contributed by atoms with E-state index >= 15 is 0 Å². The molecule has 0 aliphatic rings. The van der Waals surface area contributed by atoms with Crippen molar-refractivity contribution in [3.63, 3.8) is 0 Å². The second-order valence-electron chi connectivity index (χ2n) is 4.90. The molecule has 0 aliphatic carbocycles. The molecular formula is C17H20ClNO. The summed E-state index contributed by atoms with van der Waals surface area (Å²) in [6.45, 7) is 4.00. The molecule has 0 saturated carbocycles. The fourth-order valence-electron chi connectivity index (χ4n) is 2.16. The quantitative estimate of drug-likeness (QED) is 0.821. The number of phenols is 1. The highest BCUT2D eigenvalue weighted by Gasteiger charge is 2.08. The monoisotopic (exact) mass is 289 g/mol. The number of phenolic OH excluding ortho intramolecular Hbond substituents is 1. The molecule has 2 aromatic rings. The van der Waals surface area contributed by atoms with Gasteiger partial charge in [0.25, 0.3) is 0 Å². The Morgan fingerprint density at radius 1 is 1.10 bits per heavy atom. The van der Waals surface area contributed by atoms with Crippen LogP contribution in [0, 0.1) is 0 Å². The first kappa shape index (κ1) is 14.7. The van der Waals surface area contributed by atoms with Crippen LogP contribution in [0.3, 0.4) is 0 Å². The van der Waals surface area contributed by atoms with E-state index in [1.807, 2.05) is 18.2 Å². The van der Waals surface area contributed by atoms with Gasteiger partial charge < -0.3 is 10.0 Å². The summed E-state index contributed by atoms with van der Waals surface area (Å²) in [7, 11) is 0. The summed E-state index contributed by atoms with van der Waals surface area (Å²) in [5.41, 5.74) is 2.32. The largest absolute Gasteiger partial charge is 0.506 e. The second kappa shape index (κ2) is 7.20. The van der Waals surface area contributed by atoms with Crippen molar-refractivity contribution in [1.29, 1.82) is 0 Å². The molecular weight excluding hydrogens is 270 g/mol. The van der Waals surface area contributed by atoms with Crippen molar-refractivity contribution in [3.05, 3.63) is 59.1 Å². The van der Waals surface area contributed by atoms with Crippen LogP contribution in [0.4, 0.5) is 5.69 Å². The molecule has 0 unspecified atom stereocenters. The molecule has 0 radical (unpaired) electrons. The topological polar surface area (TPSA) is 23.5 Å². The van der Waals surface area contributed by atoms with Gasteiger partial charge in [-0.1, -0.05) is 49.2 Å². The van der Waals surface area contributed by atoms with E-state index in [-0.39, 0.29) is 5.75 Å². The fraction of sp³-hybridized carbons (Fsp3) is 0.294. The zero-order valence-corrected chi connectivity index (χ0v) is 12.5. The summed E-state index contributed by atoms with van der Waals surface area (Å²) in [6, 6.07) is 15.8. The molecule has 0 amide bonds. The molecule has 0 aromatic heterocycles. The van der Waals surface area contributed by atoms with Crippen LogP contribution >= 0.6 is 11.6 Å². The number of hydrogen-bond donors (Lipinski definition) is 1. The Morgan fingerprint density at radius 2 is 1.85 bits per heavy atom. The summed E-state index contributed by atoms with van der Waals surface area (Å²) in [4.78, 5) is 2.34. The summed E-state index contributed by atoms with van der Waals surface area (Å²) in [6.07, 6.45) is 2.32. The van der Waals surface area contributed by atoms with E-state index in [0.29, 0.717) is 5.02 Å². The second-order valence-corrected chi connectivity index (χ2v) is 5.30. The van der Waals surface area contributed by atoms with Gasteiger partial charge in [0.15, 0.2) is 0 Å². The predicted octanol–water partition coefficient (Wildman–Crippen LogP) is 4.85. The average molecular weight is 290 g/mol. The lowest BCUT2D eigenvalue weighted by Crippen LogP contribution is -2.23. The predicted molar refractivity (Wildman–Crippen MR) is 85.5 cm³/mol. The molecule has 0 atom stereocenters. The Hall–Kier alpha value is -1.67. The van der Waals surface area contributed by atoms with Gasteiger partial charge in [-0.05, 0) is 36.2 Å². The molecule has 2 rings (SSSR count). The maximum Gasteiger partial charge on any atom is 0.134 e. The molecule has 20 heavy (non-hydrogen) atoms. The maximum atomic E-state index is 9.49. The molecule has 0 aliphatic heterocycles. The van der Waals surface area contributed by atoms with Crippen molar-refractivity contribution < 1.29 is 5.11 Å². The number of benzene rings is 2. The minimum Gasteiger partial charge on any atom is -0.506 e. The van der Waals surface area contributed by atoms with Crippen LogP contribution in [0.1, 0.15) is 25.3 Å². The third kappa shape index (κ3) is 3.91. The van der Waals surface area contributed by atoms with Crippen molar-refractivity contribution >= 4 is 17.3 Å². The van der Waals surface area contributed by atoms with Crippen molar-refractivity contribution in [3.8, 4) is 5.75 Å². The highest BCUT2D eigenvalue weighted by molar-refractivity contribution is 6.32. The Balaban J connectivity index is 2.17. The SMILES string of the molecule is CCCCN(Cc1ccc(O)c(Cl)c1)c1ccccc1.